The van der Waals surface area contributed by atoms with Crippen molar-refractivity contribution in [2.75, 3.05) is 6.61 Å². The SMILES string of the molecule is CCOC(=O)/C(C)=C\C(C)=C\c1csc(C(N)Cc2ccc(OCc3ccccc3)cc2)n1.O=CC(=O)c1ccc[nH]1. The molecule has 2 aromatic heterocycles. The van der Waals surface area contributed by atoms with Crippen molar-refractivity contribution in [2.45, 2.75) is 39.8 Å². The fraction of sp³-hybridized carbons (Fsp3) is 0.212. The van der Waals surface area contributed by atoms with E-state index < -0.39 is 5.78 Å². The maximum Gasteiger partial charge on any atom is 0.333 e. The summed E-state index contributed by atoms with van der Waals surface area (Å²) in [5, 5.41) is 2.86. The lowest BCUT2D eigenvalue weighted by Gasteiger charge is -2.10. The molecule has 0 bridgehead atoms. The molecule has 0 aliphatic heterocycles. The van der Waals surface area contributed by atoms with Crippen molar-refractivity contribution in [2.24, 2.45) is 5.73 Å². The molecule has 1 atom stereocenters. The molecule has 4 aromatic rings. The van der Waals surface area contributed by atoms with E-state index in [1.165, 1.54) is 0 Å². The zero-order valence-corrected chi connectivity index (χ0v) is 24.7. The number of benzene rings is 2. The van der Waals surface area contributed by atoms with E-state index in [1.807, 2.05) is 73.0 Å². The predicted octanol–water partition coefficient (Wildman–Crippen LogP) is 6.27. The fourth-order valence-corrected chi connectivity index (χ4v) is 4.59. The smallest absolute Gasteiger partial charge is 0.333 e. The summed E-state index contributed by atoms with van der Waals surface area (Å²) in [5.41, 5.74) is 11.4. The predicted molar refractivity (Wildman–Crippen MR) is 165 cm³/mol. The molecule has 2 aromatic carbocycles. The summed E-state index contributed by atoms with van der Waals surface area (Å²) in [6.45, 7) is 6.38. The van der Waals surface area contributed by atoms with E-state index in [0.29, 0.717) is 30.9 Å². The van der Waals surface area contributed by atoms with Gasteiger partial charge in [0.2, 0.25) is 5.78 Å². The third kappa shape index (κ3) is 10.4. The van der Waals surface area contributed by atoms with E-state index in [9.17, 15) is 14.4 Å². The first-order valence-corrected chi connectivity index (χ1v) is 14.3. The van der Waals surface area contributed by atoms with Gasteiger partial charge in [0.15, 0.2) is 6.29 Å². The summed E-state index contributed by atoms with van der Waals surface area (Å²) < 4.78 is 10.9. The Labute approximate surface area is 249 Å². The van der Waals surface area contributed by atoms with Crippen LogP contribution in [0.25, 0.3) is 6.08 Å². The van der Waals surface area contributed by atoms with Gasteiger partial charge in [0.1, 0.15) is 17.4 Å². The van der Waals surface area contributed by atoms with Gasteiger partial charge in [-0.05, 0) is 80.3 Å². The summed E-state index contributed by atoms with van der Waals surface area (Å²) in [5.74, 6) is 0.0159. The summed E-state index contributed by atoms with van der Waals surface area (Å²) in [7, 11) is 0. The number of allylic oxidation sites excluding steroid dienone is 2. The number of nitrogens with one attached hydrogen (secondary N) is 1. The monoisotopic (exact) mass is 585 g/mol. The first-order valence-electron chi connectivity index (χ1n) is 13.4. The molecule has 0 spiro atoms. The van der Waals surface area contributed by atoms with E-state index in [4.69, 9.17) is 15.2 Å². The molecular weight excluding hydrogens is 550 g/mol. The number of rotatable bonds is 12. The standard InChI is InChI=1S/C27H30N2O3S.C6H5NO2/c1-4-31-27(30)20(3)14-19(2)15-23-18-33-26(29-23)25(28)16-21-10-12-24(13-11-21)32-17-22-8-6-5-7-9-22;8-4-6(9)5-2-1-3-7-5/h5-15,18,25H,4,16-17,28H2,1-3H3;1-4,7H/b19-15+,20-14-;. The van der Waals surface area contributed by atoms with Gasteiger partial charge in [-0.3, -0.25) is 9.59 Å². The third-order valence-electron chi connectivity index (χ3n) is 5.87. The molecule has 0 fully saturated rings. The molecule has 3 N–H and O–H groups in total. The highest BCUT2D eigenvalue weighted by Gasteiger charge is 2.12. The molecule has 42 heavy (non-hydrogen) atoms. The zero-order valence-electron chi connectivity index (χ0n) is 23.9. The van der Waals surface area contributed by atoms with Gasteiger partial charge in [0, 0.05) is 17.2 Å². The number of esters is 1. The molecule has 218 valence electrons. The summed E-state index contributed by atoms with van der Waals surface area (Å²) >= 11 is 1.54. The van der Waals surface area contributed by atoms with Gasteiger partial charge in [0.25, 0.3) is 0 Å². The number of carbonyl (C=O) groups is 3. The van der Waals surface area contributed by atoms with Crippen LogP contribution in [0.3, 0.4) is 0 Å². The fourth-order valence-electron chi connectivity index (χ4n) is 3.81. The Morgan fingerprint density at radius 3 is 2.40 bits per heavy atom. The Hall–Kier alpha value is -4.60. The Kier molecular flexibility index (Phi) is 12.6. The van der Waals surface area contributed by atoms with Crippen LogP contribution in [0.1, 0.15) is 59.1 Å². The number of aldehydes is 1. The van der Waals surface area contributed by atoms with Crippen molar-refractivity contribution in [1.82, 2.24) is 9.97 Å². The van der Waals surface area contributed by atoms with Gasteiger partial charge in [0.05, 0.1) is 24.0 Å². The lowest BCUT2D eigenvalue weighted by Crippen LogP contribution is -2.13. The zero-order chi connectivity index (χ0) is 30.3. The van der Waals surface area contributed by atoms with E-state index in [0.717, 1.165) is 33.2 Å². The van der Waals surface area contributed by atoms with Gasteiger partial charge >= 0.3 is 5.97 Å². The molecule has 0 aliphatic rings. The number of aromatic nitrogens is 2. The number of Topliss-reactive ketones (excluding diaryl/α,β-unsaturated/α-hetero) is 1. The minimum absolute atomic E-state index is 0.189. The molecular formula is C33H35N3O5S. The highest BCUT2D eigenvalue weighted by molar-refractivity contribution is 7.09. The van der Waals surface area contributed by atoms with Crippen molar-refractivity contribution < 1.29 is 23.9 Å². The Morgan fingerprint density at radius 2 is 1.76 bits per heavy atom. The molecule has 0 saturated carbocycles. The molecule has 0 amide bonds. The van der Waals surface area contributed by atoms with Crippen LogP contribution in [-0.2, 0) is 27.4 Å². The molecule has 1 unspecified atom stereocenters. The van der Waals surface area contributed by atoms with E-state index >= 15 is 0 Å². The highest BCUT2D eigenvalue weighted by Crippen LogP contribution is 2.23. The average molecular weight is 586 g/mol. The quantitative estimate of drug-likeness (QED) is 0.0501. The van der Waals surface area contributed by atoms with Crippen molar-refractivity contribution >= 4 is 35.5 Å². The van der Waals surface area contributed by atoms with Crippen molar-refractivity contribution in [3.05, 3.63) is 123 Å². The molecule has 0 saturated heterocycles. The van der Waals surface area contributed by atoms with Gasteiger partial charge in [-0.1, -0.05) is 42.5 Å². The van der Waals surface area contributed by atoms with Crippen molar-refractivity contribution in [3.8, 4) is 5.75 Å². The maximum atomic E-state index is 11.8. The molecule has 2 heterocycles. The van der Waals surface area contributed by atoms with Crippen LogP contribution in [0.5, 0.6) is 5.75 Å². The summed E-state index contributed by atoms with van der Waals surface area (Å²) in [6, 6.07) is 21.2. The molecule has 0 aliphatic carbocycles. The summed E-state index contributed by atoms with van der Waals surface area (Å²) in [6.07, 6.45) is 6.31. The van der Waals surface area contributed by atoms with Crippen LogP contribution in [0, 0.1) is 0 Å². The van der Waals surface area contributed by atoms with Crippen molar-refractivity contribution in [1.29, 1.82) is 0 Å². The first kappa shape index (κ1) is 31.9. The van der Waals surface area contributed by atoms with Crippen molar-refractivity contribution in [3.63, 3.8) is 0 Å². The van der Waals surface area contributed by atoms with Crippen LogP contribution in [0.2, 0.25) is 0 Å². The largest absolute Gasteiger partial charge is 0.489 e. The molecule has 9 heteroatoms. The minimum atomic E-state index is -0.514. The number of hydrogen-bond acceptors (Lipinski definition) is 8. The van der Waals surface area contributed by atoms with Gasteiger partial charge < -0.3 is 20.2 Å². The number of H-pyrrole nitrogens is 1. The topological polar surface area (TPSA) is 124 Å². The normalized spacial score (nSPS) is 12.1. The average Bonchev–Trinajstić information content (AvgIpc) is 3.70. The number of nitrogens with two attached hydrogens (primary N) is 1. The second-order valence-corrected chi connectivity index (χ2v) is 10.2. The number of carbonyl (C=O) groups excluding carboxylic acids is 3. The van der Waals surface area contributed by atoms with Gasteiger partial charge in [-0.2, -0.15) is 0 Å². The number of thiazole rings is 1. The second kappa shape index (κ2) is 16.6. The number of ether oxygens (including phenoxy) is 2. The van der Waals surface area contributed by atoms with Crippen LogP contribution in [0.15, 0.2) is 95.5 Å². The maximum absolute atomic E-state index is 11.8. The Balaban J connectivity index is 0.000000458. The Morgan fingerprint density at radius 1 is 1.02 bits per heavy atom. The minimum Gasteiger partial charge on any atom is -0.489 e. The number of hydrogen-bond donors (Lipinski definition) is 2. The molecule has 0 radical (unpaired) electrons. The van der Waals surface area contributed by atoms with Gasteiger partial charge in [-0.15, -0.1) is 11.3 Å². The van der Waals surface area contributed by atoms with E-state index in [1.54, 1.807) is 49.6 Å². The third-order valence-corrected chi connectivity index (χ3v) is 6.87. The first-order chi connectivity index (χ1) is 20.3. The highest BCUT2D eigenvalue weighted by atomic mass is 32.1. The van der Waals surface area contributed by atoms with E-state index in [-0.39, 0.29) is 18.3 Å². The molecule has 8 nitrogen and oxygen atoms in total. The lowest BCUT2D eigenvalue weighted by molar-refractivity contribution is -0.138. The number of aromatic amines is 1. The van der Waals surface area contributed by atoms with Gasteiger partial charge in [-0.25, -0.2) is 9.78 Å². The van der Waals surface area contributed by atoms with E-state index in [2.05, 4.69) is 9.97 Å². The molecule has 4 rings (SSSR count). The van der Waals surface area contributed by atoms with Crippen LogP contribution >= 0.6 is 11.3 Å². The Bertz CT molecular complexity index is 1490. The summed E-state index contributed by atoms with van der Waals surface area (Å²) in [4.78, 5) is 39.3. The second-order valence-electron chi connectivity index (χ2n) is 9.34. The lowest BCUT2D eigenvalue weighted by atomic mass is 10.1. The number of ketones is 1. The van der Waals surface area contributed by atoms with Crippen LogP contribution in [-0.4, -0.2) is 34.6 Å². The van der Waals surface area contributed by atoms with Crippen LogP contribution < -0.4 is 10.5 Å². The number of nitrogens with zero attached hydrogens (tertiary/aromatic N) is 1. The van der Waals surface area contributed by atoms with Crippen LogP contribution in [0.4, 0.5) is 0 Å².